The first kappa shape index (κ1) is 14.6. The van der Waals surface area contributed by atoms with Crippen molar-refractivity contribution < 1.29 is 5.11 Å². The van der Waals surface area contributed by atoms with E-state index in [1.165, 1.54) is 0 Å². The number of aliphatic hydroxyl groups is 1. The van der Waals surface area contributed by atoms with Crippen LogP contribution in [0.3, 0.4) is 0 Å². The zero-order valence-corrected chi connectivity index (χ0v) is 12.1. The quantitative estimate of drug-likeness (QED) is 0.848. The summed E-state index contributed by atoms with van der Waals surface area (Å²) in [6.07, 6.45) is 3.42. The Morgan fingerprint density at radius 3 is 2.59 bits per heavy atom. The molecule has 17 heavy (non-hydrogen) atoms. The van der Waals surface area contributed by atoms with Crippen molar-refractivity contribution in [2.24, 2.45) is 17.1 Å². The summed E-state index contributed by atoms with van der Waals surface area (Å²) in [4.78, 5) is 4.35. The molecule has 1 atom stereocenters. The van der Waals surface area contributed by atoms with Crippen LogP contribution in [-0.4, -0.2) is 23.2 Å². The maximum absolute atomic E-state index is 9.62. The fourth-order valence-corrected chi connectivity index (χ4v) is 2.41. The number of aromatic nitrogens is 1. The van der Waals surface area contributed by atoms with Crippen LogP contribution < -0.4 is 5.73 Å². The number of hydrogen-bond acceptors (Lipinski definition) is 3. The first-order valence-electron chi connectivity index (χ1n) is 5.93. The summed E-state index contributed by atoms with van der Waals surface area (Å²) >= 11 is 3.36. The van der Waals surface area contributed by atoms with Crippen LogP contribution in [0.5, 0.6) is 0 Å². The molecule has 0 aromatic carbocycles. The molecule has 3 N–H and O–H groups in total. The van der Waals surface area contributed by atoms with Crippen LogP contribution >= 0.6 is 15.9 Å². The van der Waals surface area contributed by atoms with Gasteiger partial charge in [0.2, 0.25) is 0 Å². The molecule has 0 spiro atoms. The topological polar surface area (TPSA) is 59.1 Å². The molecule has 4 heteroatoms. The second-order valence-corrected chi connectivity index (χ2v) is 6.02. The smallest absolute Gasteiger partial charge is 0.0503 e. The Hall–Kier alpha value is -0.450. The van der Waals surface area contributed by atoms with Crippen molar-refractivity contribution in [3.8, 4) is 0 Å². The van der Waals surface area contributed by atoms with Crippen molar-refractivity contribution in [3.63, 3.8) is 0 Å². The highest BCUT2D eigenvalue weighted by Crippen LogP contribution is 2.29. The molecule has 1 unspecified atom stereocenters. The van der Waals surface area contributed by atoms with E-state index in [1.54, 1.807) is 6.20 Å². The van der Waals surface area contributed by atoms with Gasteiger partial charge in [-0.15, -0.1) is 0 Å². The van der Waals surface area contributed by atoms with Crippen LogP contribution in [0.2, 0.25) is 0 Å². The largest absolute Gasteiger partial charge is 0.396 e. The zero-order valence-electron chi connectivity index (χ0n) is 10.5. The second-order valence-electron chi connectivity index (χ2n) is 5.10. The first-order chi connectivity index (χ1) is 8.01. The second kappa shape index (κ2) is 6.47. The normalized spacial score (nSPS) is 14.9. The molecule has 0 amide bonds. The standard InChI is InChI=1S/C13H21BrN2O/c1-10(2)5-13(8-15,9-17)6-12-4-3-11(14)7-16-12/h3-4,7,10,17H,5-6,8-9,15H2,1-2H3. The van der Waals surface area contributed by atoms with Gasteiger partial charge in [0.05, 0.1) is 6.61 Å². The Kier molecular flexibility index (Phi) is 5.56. The summed E-state index contributed by atoms with van der Waals surface area (Å²) in [5.74, 6) is 0.515. The minimum atomic E-state index is -0.241. The highest BCUT2D eigenvalue weighted by Gasteiger charge is 2.29. The molecule has 0 aliphatic heterocycles. The Bertz CT molecular complexity index is 334. The predicted molar refractivity (Wildman–Crippen MR) is 73.7 cm³/mol. The summed E-state index contributed by atoms with van der Waals surface area (Å²) < 4.78 is 0.965. The minimum absolute atomic E-state index is 0.111. The van der Waals surface area contributed by atoms with Gasteiger partial charge >= 0.3 is 0 Å². The summed E-state index contributed by atoms with van der Waals surface area (Å²) in [5, 5.41) is 9.62. The molecule has 96 valence electrons. The lowest BCUT2D eigenvalue weighted by Gasteiger charge is -2.32. The molecule has 0 radical (unpaired) electrons. The molecular formula is C13H21BrN2O. The summed E-state index contributed by atoms with van der Waals surface area (Å²) in [6, 6.07) is 3.95. The van der Waals surface area contributed by atoms with Crippen molar-refractivity contribution in [1.29, 1.82) is 0 Å². The predicted octanol–water partition coefficient (Wildman–Crippen LogP) is 2.37. The maximum atomic E-state index is 9.62. The van der Waals surface area contributed by atoms with Crippen molar-refractivity contribution >= 4 is 15.9 Å². The van der Waals surface area contributed by atoms with E-state index in [4.69, 9.17) is 5.73 Å². The highest BCUT2D eigenvalue weighted by atomic mass is 79.9. The molecule has 1 aromatic heterocycles. The van der Waals surface area contributed by atoms with Crippen molar-refractivity contribution in [2.45, 2.75) is 26.7 Å². The average molecular weight is 301 g/mol. The van der Waals surface area contributed by atoms with E-state index in [0.717, 1.165) is 23.0 Å². The van der Waals surface area contributed by atoms with E-state index in [9.17, 15) is 5.11 Å². The fourth-order valence-electron chi connectivity index (χ4n) is 2.17. The minimum Gasteiger partial charge on any atom is -0.396 e. The molecule has 0 saturated heterocycles. The number of nitrogens with zero attached hydrogens (tertiary/aromatic N) is 1. The van der Waals surface area contributed by atoms with Crippen molar-refractivity contribution in [3.05, 3.63) is 28.5 Å². The van der Waals surface area contributed by atoms with E-state index < -0.39 is 0 Å². The number of rotatable bonds is 6. The number of aliphatic hydroxyl groups excluding tert-OH is 1. The third kappa shape index (κ3) is 4.37. The SMILES string of the molecule is CC(C)CC(CN)(CO)Cc1ccc(Br)cn1. The molecule has 0 bridgehead atoms. The number of pyridine rings is 1. The van der Waals surface area contributed by atoms with Crippen LogP contribution in [0.25, 0.3) is 0 Å². The summed E-state index contributed by atoms with van der Waals surface area (Å²) in [5.41, 5.74) is 6.59. The molecule has 3 nitrogen and oxygen atoms in total. The third-order valence-electron chi connectivity index (χ3n) is 2.95. The van der Waals surface area contributed by atoms with E-state index in [-0.39, 0.29) is 12.0 Å². The maximum Gasteiger partial charge on any atom is 0.0503 e. The van der Waals surface area contributed by atoms with Crippen LogP contribution in [0.4, 0.5) is 0 Å². The number of nitrogens with two attached hydrogens (primary N) is 1. The van der Waals surface area contributed by atoms with Gasteiger partial charge in [0, 0.05) is 28.3 Å². The monoisotopic (exact) mass is 300 g/mol. The van der Waals surface area contributed by atoms with Gasteiger partial charge in [0.25, 0.3) is 0 Å². The highest BCUT2D eigenvalue weighted by molar-refractivity contribution is 9.10. The van der Waals surface area contributed by atoms with Gasteiger partial charge in [-0.25, -0.2) is 0 Å². The lowest BCUT2D eigenvalue weighted by molar-refractivity contribution is 0.107. The molecule has 0 aliphatic carbocycles. The Balaban J connectivity index is 2.82. The lowest BCUT2D eigenvalue weighted by Crippen LogP contribution is -2.38. The van der Waals surface area contributed by atoms with E-state index in [0.29, 0.717) is 12.5 Å². The molecular weight excluding hydrogens is 280 g/mol. The van der Waals surface area contributed by atoms with Crippen molar-refractivity contribution in [1.82, 2.24) is 4.98 Å². The van der Waals surface area contributed by atoms with Crippen LogP contribution in [0.1, 0.15) is 26.0 Å². The van der Waals surface area contributed by atoms with Gasteiger partial charge in [-0.2, -0.15) is 0 Å². The van der Waals surface area contributed by atoms with Gasteiger partial charge in [0.15, 0.2) is 0 Å². The molecule has 0 aliphatic rings. The third-order valence-corrected chi connectivity index (χ3v) is 3.42. The Morgan fingerprint density at radius 2 is 2.18 bits per heavy atom. The van der Waals surface area contributed by atoms with Gasteiger partial charge in [-0.1, -0.05) is 13.8 Å². The van der Waals surface area contributed by atoms with Gasteiger partial charge in [0.1, 0.15) is 0 Å². The van der Waals surface area contributed by atoms with Crippen LogP contribution in [0.15, 0.2) is 22.8 Å². The van der Waals surface area contributed by atoms with E-state index in [2.05, 4.69) is 34.8 Å². The van der Waals surface area contributed by atoms with Crippen LogP contribution in [0, 0.1) is 11.3 Å². The number of hydrogen-bond donors (Lipinski definition) is 2. The van der Waals surface area contributed by atoms with E-state index in [1.807, 2.05) is 12.1 Å². The molecule has 0 saturated carbocycles. The van der Waals surface area contributed by atoms with Crippen molar-refractivity contribution in [2.75, 3.05) is 13.2 Å². The van der Waals surface area contributed by atoms with Crippen LogP contribution in [-0.2, 0) is 6.42 Å². The summed E-state index contributed by atoms with van der Waals surface area (Å²) in [7, 11) is 0. The first-order valence-corrected chi connectivity index (χ1v) is 6.72. The van der Waals surface area contributed by atoms with Gasteiger partial charge < -0.3 is 10.8 Å². The molecule has 1 heterocycles. The fraction of sp³-hybridized carbons (Fsp3) is 0.615. The van der Waals surface area contributed by atoms with Gasteiger partial charge in [-0.05, 0) is 46.8 Å². The summed E-state index contributed by atoms with van der Waals surface area (Å²) in [6.45, 7) is 4.89. The Morgan fingerprint density at radius 1 is 1.47 bits per heavy atom. The van der Waals surface area contributed by atoms with Gasteiger partial charge in [-0.3, -0.25) is 4.98 Å². The van der Waals surface area contributed by atoms with E-state index >= 15 is 0 Å². The lowest BCUT2D eigenvalue weighted by atomic mass is 9.77. The average Bonchev–Trinajstić information content (AvgIpc) is 2.30. The molecule has 1 aromatic rings. The molecule has 0 fully saturated rings. The number of halogens is 1. The zero-order chi connectivity index (χ0) is 12.9. The molecule has 1 rings (SSSR count). The Labute approximate surface area is 112 Å².